The molecule has 0 spiro atoms. The monoisotopic (exact) mass is 173 g/mol. The van der Waals surface area contributed by atoms with Gasteiger partial charge < -0.3 is 19.5 Å². The van der Waals surface area contributed by atoms with Crippen LogP contribution < -0.4 is 0 Å². The van der Waals surface area contributed by atoms with Crippen LogP contribution in [0.3, 0.4) is 0 Å². The number of nitrogens with zero attached hydrogens (tertiary/aromatic N) is 1. The first kappa shape index (κ1) is 8.99. The Hall–Kier alpha value is -1.10. The Bertz CT molecular complexity index is 194. The van der Waals surface area contributed by atoms with E-state index < -0.39 is 12.2 Å². The molecule has 5 nitrogen and oxygen atoms in total. The van der Waals surface area contributed by atoms with Gasteiger partial charge in [-0.15, -0.1) is 0 Å². The second kappa shape index (κ2) is 3.53. The predicted octanol–water partition coefficient (Wildman–Crippen LogP) is -0.0474. The van der Waals surface area contributed by atoms with Crippen molar-refractivity contribution in [3.63, 3.8) is 0 Å². The molecule has 1 amide bonds. The second-order valence-corrected chi connectivity index (χ2v) is 2.81. The van der Waals surface area contributed by atoms with Crippen molar-refractivity contribution in [3.8, 4) is 0 Å². The molecule has 0 saturated carbocycles. The highest BCUT2D eigenvalue weighted by Crippen LogP contribution is 2.09. The zero-order valence-corrected chi connectivity index (χ0v) is 6.77. The molecule has 0 bridgehead atoms. The van der Waals surface area contributed by atoms with Gasteiger partial charge in [-0.05, 0) is 6.92 Å². The van der Waals surface area contributed by atoms with E-state index in [1.54, 1.807) is 6.92 Å². The maximum absolute atomic E-state index is 10.5. The molecule has 0 aromatic carbocycles. The average molecular weight is 173 g/mol. The first-order valence-electron chi connectivity index (χ1n) is 3.72. The topological polar surface area (TPSA) is 66.8 Å². The number of hydrogen-bond donors (Lipinski definition) is 1. The Morgan fingerprint density at radius 1 is 1.67 bits per heavy atom. The van der Waals surface area contributed by atoms with Gasteiger partial charge in [-0.3, -0.25) is 0 Å². The van der Waals surface area contributed by atoms with Gasteiger partial charge in [-0.25, -0.2) is 4.79 Å². The van der Waals surface area contributed by atoms with E-state index in [2.05, 4.69) is 0 Å². The van der Waals surface area contributed by atoms with Gasteiger partial charge in [0.15, 0.2) is 6.29 Å². The van der Waals surface area contributed by atoms with Gasteiger partial charge in [-0.1, -0.05) is 0 Å². The van der Waals surface area contributed by atoms with Gasteiger partial charge in [0.25, 0.3) is 0 Å². The number of hydrogen-bond acceptors (Lipinski definition) is 3. The van der Waals surface area contributed by atoms with Gasteiger partial charge in [0.2, 0.25) is 0 Å². The highest BCUT2D eigenvalue weighted by atomic mass is 16.5. The van der Waals surface area contributed by atoms with Crippen LogP contribution in [0, 0.1) is 0 Å². The molecule has 5 heteroatoms. The lowest BCUT2D eigenvalue weighted by molar-refractivity contribution is -0.129. The van der Waals surface area contributed by atoms with Crippen LogP contribution in [-0.2, 0) is 9.53 Å². The van der Waals surface area contributed by atoms with E-state index in [0.717, 1.165) is 0 Å². The Morgan fingerprint density at radius 3 is 2.83 bits per heavy atom. The summed E-state index contributed by atoms with van der Waals surface area (Å²) in [5, 5.41) is 8.62. The molecule has 0 aromatic rings. The quantitative estimate of drug-likeness (QED) is 0.564. The molecule has 1 N–H and O–H groups in total. The third kappa shape index (κ3) is 1.94. The first-order chi connectivity index (χ1) is 5.63. The molecule has 2 atom stereocenters. The second-order valence-electron chi connectivity index (χ2n) is 2.81. The lowest BCUT2D eigenvalue weighted by Crippen LogP contribution is -2.49. The minimum Gasteiger partial charge on any atom is -0.465 e. The van der Waals surface area contributed by atoms with E-state index in [4.69, 9.17) is 9.84 Å². The number of aldehydes is 1. The van der Waals surface area contributed by atoms with Gasteiger partial charge in [-0.2, -0.15) is 0 Å². The lowest BCUT2D eigenvalue weighted by Gasteiger charge is -2.32. The zero-order valence-electron chi connectivity index (χ0n) is 6.77. The molecule has 0 radical (unpaired) electrons. The van der Waals surface area contributed by atoms with E-state index >= 15 is 0 Å². The first-order valence-corrected chi connectivity index (χ1v) is 3.72. The molecule has 0 aliphatic carbocycles. The summed E-state index contributed by atoms with van der Waals surface area (Å²) in [5.74, 6) is 0. The Kier molecular flexibility index (Phi) is 2.65. The number of ether oxygens (including phenoxy) is 1. The maximum Gasteiger partial charge on any atom is 0.407 e. The summed E-state index contributed by atoms with van der Waals surface area (Å²) in [7, 11) is 0. The smallest absolute Gasteiger partial charge is 0.407 e. The van der Waals surface area contributed by atoms with Crippen LogP contribution in [0.5, 0.6) is 0 Å². The normalized spacial score (nSPS) is 29.9. The van der Waals surface area contributed by atoms with Crippen LogP contribution in [0.15, 0.2) is 0 Å². The summed E-state index contributed by atoms with van der Waals surface area (Å²) in [6, 6.07) is 0. The molecule has 1 saturated heterocycles. The molecule has 1 heterocycles. The molecule has 0 aromatic heterocycles. The molecule has 1 aliphatic heterocycles. The third-order valence-corrected chi connectivity index (χ3v) is 1.71. The SMILES string of the molecule is CC1CN(C(=O)O)CC(C=O)O1. The third-order valence-electron chi connectivity index (χ3n) is 1.71. The fourth-order valence-electron chi connectivity index (χ4n) is 1.22. The number of carbonyl (C=O) groups excluding carboxylic acids is 1. The Morgan fingerprint density at radius 2 is 2.33 bits per heavy atom. The highest BCUT2D eigenvalue weighted by molar-refractivity contribution is 5.67. The van der Waals surface area contributed by atoms with Gasteiger partial charge in [0, 0.05) is 0 Å². The van der Waals surface area contributed by atoms with Crippen LogP contribution in [0.2, 0.25) is 0 Å². The van der Waals surface area contributed by atoms with Crippen molar-refractivity contribution in [2.24, 2.45) is 0 Å². The highest BCUT2D eigenvalue weighted by Gasteiger charge is 2.27. The van der Waals surface area contributed by atoms with Crippen molar-refractivity contribution in [3.05, 3.63) is 0 Å². The van der Waals surface area contributed by atoms with E-state index in [0.29, 0.717) is 12.8 Å². The summed E-state index contributed by atoms with van der Waals surface area (Å²) in [6.45, 7) is 2.22. The van der Waals surface area contributed by atoms with E-state index in [1.807, 2.05) is 0 Å². The summed E-state index contributed by atoms with van der Waals surface area (Å²) < 4.78 is 5.14. The van der Waals surface area contributed by atoms with E-state index in [-0.39, 0.29) is 12.6 Å². The number of morpholine rings is 1. The predicted molar refractivity (Wildman–Crippen MR) is 40.0 cm³/mol. The standard InChI is InChI=1S/C7H11NO4/c1-5-2-8(7(10)11)3-6(4-9)12-5/h4-6H,2-3H2,1H3,(H,10,11). The largest absolute Gasteiger partial charge is 0.465 e. The Balaban J connectivity index is 2.56. The number of carboxylic acid groups (broad SMARTS) is 1. The molecular weight excluding hydrogens is 162 g/mol. The van der Waals surface area contributed by atoms with Crippen LogP contribution in [0.25, 0.3) is 0 Å². The fraction of sp³-hybridized carbons (Fsp3) is 0.714. The van der Waals surface area contributed by atoms with Crippen molar-refractivity contribution >= 4 is 12.4 Å². The zero-order chi connectivity index (χ0) is 9.14. The summed E-state index contributed by atoms with van der Waals surface area (Å²) in [5.41, 5.74) is 0. The van der Waals surface area contributed by atoms with Gasteiger partial charge >= 0.3 is 6.09 Å². The summed E-state index contributed by atoms with van der Waals surface area (Å²) in [6.07, 6.45) is -1.18. The van der Waals surface area contributed by atoms with Crippen molar-refractivity contribution in [2.45, 2.75) is 19.1 Å². The van der Waals surface area contributed by atoms with Crippen LogP contribution in [0.1, 0.15) is 6.92 Å². The van der Waals surface area contributed by atoms with Crippen molar-refractivity contribution in [2.75, 3.05) is 13.1 Å². The van der Waals surface area contributed by atoms with Crippen LogP contribution in [-0.4, -0.2) is 47.7 Å². The summed E-state index contributed by atoms with van der Waals surface area (Å²) >= 11 is 0. The Labute approximate surface area is 69.9 Å². The van der Waals surface area contributed by atoms with E-state index in [1.165, 1.54) is 4.90 Å². The van der Waals surface area contributed by atoms with Gasteiger partial charge in [0.1, 0.15) is 6.10 Å². The van der Waals surface area contributed by atoms with Gasteiger partial charge in [0.05, 0.1) is 19.2 Å². The minimum atomic E-state index is -1.00. The number of amides is 1. The van der Waals surface area contributed by atoms with Crippen LogP contribution >= 0.6 is 0 Å². The maximum atomic E-state index is 10.5. The molecule has 1 fully saturated rings. The molecule has 1 aliphatic rings. The van der Waals surface area contributed by atoms with Crippen molar-refractivity contribution in [1.82, 2.24) is 4.90 Å². The number of rotatable bonds is 1. The van der Waals surface area contributed by atoms with Crippen molar-refractivity contribution < 1.29 is 19.4 Å². The molecular formula is C7H11NO4. The van der Waals surface area contributed by atoms with Crippen LogP contribution in [0.4, 0.5) is 4.79 Å². The molecule has 2 unspecified atom stereocenters. The minimum absolute atomic E-state index is 0.142. The number of carbonyl (C=O) groups is 2. The lowest BCUT2D eigenvalue weighted by atomic mass is 10.2. The summed E-state index contributed by atoms with van der Waals surface area (Å²) in [4.78, 5) is 22.0. The molecule has 12 heavy (non-hydrogen) atoms. The van der Waals surface area contributed by atoms with Crippen molar-refractivity contribution in [1.29, 1.82) is 0 Å². The van der Waals surface area contributed by atoms with E-state index in [9.17, 15) is 9.59 Å². The molecule has 68 valence electrons. The molecule has 1 rings (SSSR count). The fourth-order valence-corrected chi connectivity index (χ4v) is 1.22. The average Bonchev–Trinajstić information content (AvgIpc) is 2.03.